The number of nitrogens with zero attached hydrogens (tertiary/aromatic N) is 3. The number of imidazole rings is 1. The van der Waals surface area contributed by atoms with Gasteiger partial charge in [0.2, 0.25) is 0 Å². The predicted octanol–water partition coefficient (Wildman–Crippen LogP) is 1.27. The molecule has 0 radical (unpaired) electrons. The summed E-state index contributed by atoms with van der Waals surface area (Å²) in [7, 11) is 1.76. The lowest BCUT2D eigenvalue weighted by Gasteiger charge is -2.19. The number of amides is 2. The van der Waals surface area contributed by atoms with E-state index in [4.69, 9.17) is 5.11 Å². The Hall–Kier alpha value is -2.05. The van der Waals surface area contributed by atoms with Crippen molar-refractivity contribution in [3.05, 3.63) is 18.2 Å². The number of urea groups is 1. The van der Waals surface area contributed by atoms with Gasteiger partial charge in [0, 0.05) is 32.9 Å². The Balaban J connectivity index is 2.28. The molecule has 2 amide bonds. The van der Waals surface area contributed by atoms with E-state index in [1.807, 2.05) is 0 Å². The molecule has 1 rings (SSSR count). The average molecular weight is 282 g/mol. The fourth-order valence-electron chi connectivity index (χ4n) is 1.57. The van der Waals surface area contributed by atoms with Gasteiger partial charge in [-0.05, 0) is 12.3 Å². The van der Waals surface area contributed by atoms with Crippen LogP contribution in [0.1, 0.15) is 30.8 Å². The molecule has 20 heavy (non-hydrogen) atoms. The minimum absolute atomic E-state index is 0.00498. The molecule has 7 heteroatoms. The Morgan fingerprint density at radius 2 is 2.20 bits per heavy atom. The third-order valence-corrected chi connectivity index (χ3v) is 2.89. The molecule has 0 saturated heterocycles. The summed E-state index contributed by atoms with van der Waals surface area (Å²) in [5, 5.41) is 11.5. The fourth-order valence-corrected chi connectivity index (χ4v) is 1.57. The van der Waals surface area contributed by atoms with Crippen molar-refractivity contribution in [1.29, 1.82) is 0 Å². The summed E-state index contributed by atoms with van der Waals surface area (Å²) < 4.78 is 1.64. The molecule has 0 aliphatic rings. The minimum Gasteiger partial charge on any atom is -0.476 e. The zero-order valence-electron chi connectivity index (χ0n) is 12.2. The maximum absolute atomic E-state index is 11.8. The lowest BCUT2D eigenvalue weighted by Crippen LogP contribution is -2.39. The Bertz CT molecular complexity index is 456. The van der Waals surface area contributed by atoms with Crippen LogP contribution in [0.4, 0.5) is 4.79 Å². The van der Waals surface area contributed by atoms with Crippen LogP contribution in [-0.4, -0.2) is 51.7 Å². The molecule has 0 aliphatic carbocycles. The molecule has 1 aromatic heterocycles. The van der Waals surface area contributed by atoms with Crippen molar-refractivity contribution in [1.82, 2.24) is 19.8 Å². The highest BCUT2D eigenvalue weighted by Gasteiger charge is 2.09. The number of carbonyl (C=O) groups excluding carboxylic acids is 1. The van der Waals surface area contributed by atoms with Crippen molar-refractivity contribution >= 4 is 12.0 Å². The SMILES string of the molecule is CC(C)CCN(C)C(=O)NCCn1cnc(C(=O)O)c1. The summed E-state index contributed by atoms with van der Waals surface area (Å²) in [6.07, 6.45) is 3.85. The fraction of sp³-hybridized carbons (Fsp3) is 0.615. The van der Waals surface area contributed by atoms with Gasteiger partial charge >= 0.3 is 12.0 Å². The number of carboxylic acids is 1. The first-order valence-corrected chi connectivity index (χ1v) is 6.64. The van der Waals surface area contributed by atoms with E-state index in [1.54, 1.807) is 16.5 Å². The number of carbonyl (C=O) groups is 2. The molecule has 0 saturated carbocycles. The third-order valence-electron chi connectivity index (χ3n) is 2.89. The molecular formula is C13H22N4O3. The van der Waals surface area contributed by atoms with Gasteiger partial charge in [-0.2, -0.15) is 0 Å². The van der Waals surface area contributed by atoms with Crippen LogP contribution >= 0.6 is 0 Å². The van der Waals surface area contributed by atoms with Gasteiger partial charge < -0.3 is 19.9 Å². The number of nitrogens with one attached hydrogen (secondary N) is 1. The normalized spacial score (nSPS) is 10.6. The standard InChI is InChI=1S/C13H22N4O3/c1-10(2)4-6-16(3)13(20)14-5-7-17-8-11(12(18)19)15-9-17/h8-10H,4-7H2,1-3H3,(H,14,20)(H,18,19). The molecule has 7 nitrogen and oxygen atoms in total. The Kier molecular flexibility index (Phi) is 6.02. The number of aromatic carboxylic acids is 1. The van der Waals surface area contributed by atoms with Gasteiger partial charge in [0.1, 0.15) is 0 Å². The zero-order valence-corrected chi connectivity index (χ0v) is 12.2. The second-order valence-electron chi connectivity index (χ2n) is 5.14. The van der Waals surface area contributed by atoms with Crippen LogP contribution in [0.15, 0.2) is 12.5 Å². The number of carboxylic acid groups (broad SMARTS) is 1. The summed E-state index contributed by atoms with van der Waals surface area (Å²) in [5.74, 6) is -0.494. The Labute approximate surface area is 118 Å². The van der Waals surface area contributed by atoms with Gasteiger partial charge in [0.05, 0.1) is 6.33 Å². The first-order valence-electron chi connectivity index (χ1n) is 6.64. The third kappa shape index (κ3) is 5.29. The molecule has 0 spiro atoms. The van der Waals surface area contributed by atoms with Gasteiger partial charge in [-0.1, -0.05) is 13.8 Å². The van der Waals surface area contributed by atoms with Crippen LogP contribution in [0.25, 0.3) is 0 Å². The summed E-state index contributed by atoms with van der Waals surface area (Å²) in [6, 6.07) is -0.121. The highest BCUT2D eigenvalue weighted by Crippen LogP contribution is 2.00. The predicted molar refractivity (Wildman–Crippen MR) is 74.7 cm³/mol. The minimum atomic E-state index is -1.05. The van der Waals surface area contributed by atoms with Crippen molar-refractivity contribution in [3.8, 4) is 0 Å². The van der Waals surface area contributed by atoms with Crippen LogP contribution in [0.5, 0.6) is 0 Å². The molecule has 1 aromatic rings. The quantitative estimate of drug-likeness (QED) is 0.788. The molecular weight excluding hydrogens is 260 g/mol. The van der Waals surface area contributed by atoms with Crippen molar-refractivity contribution < 1.29 is 14.7 Å². The van der Waals surface area contributed by atoms with E-state index in [9.17, 15) is 9.59 Å². The number of hydrogen-bond acceptors (Lipinski definition) is 3. The smallest absolute Gasteiger partial charge is 0.356 e. The second kappa shape index (κ2) is 7.52. The van der Waals surface area contributed by atoms with Crippen LogP contribution < -0.4 is 5.32 Å². The molecule has 0 bridgehead atoms. The maximum Gasteiger partial charge on any atom is 0.356 e. The van der Waals surface area contributed by atoms with Gasteiger partial charge in [0.15, 0.2) is 5.69 Å². The Morgan fingerprint density at radius 1 is 1.50 bits per heavy atom. The first kappa shape index (κ1) is 16.0. The number of aromatic nitrogens is 2. The highest BCUT2D eigenvalue weighted by atomic mass is 16.4. The largest absolute Gasteiger partial charge is 0.476 e. The van der Waals surface area contributed by atoms with E-state index in [0.29, 0.717) is 19.0 Å². The van der Waals surface area contributed by atoms with Crippen molar-refractivity contribution in [2.75, 3.05) is 20.1 Å². The molecule has 0 atom stereocenters. The average Bonchev–Trinajstić information content (AvgIpc) is 2.84. The molecule has 0 aliphatic heterocycles. The summed E-state index contributed by atoms with van der Waals surface area (Å²) in [6.45, 7) is 5.87. The van der Waals surface area contributed by atoms with E-state index in [2.05, 4.69) is 24.1 Å². The van der Waals surface area contributed by atoms with E-state index in [1.165, 1.54) is 12.5 Å². The highest BCUT2D eigenvalue weighted by molar-refractivity contribution is 5.84. The van der Waals surface area contributed by atoms with Gasteiger partial charge in [-0.15, -0.1) is 0 Å². The number of rotatable bonds is 7. The topological polar surface area (TPSA) is 87.5 Å². The monoisotopic (exact) mass is 282 g/mol. The molecule has 2 N–H and O–H groups in total. The molecule has 0 fully saturated rings. The van der Waals surface area contributed by atoms with E-state index >= 15 is 0 Å². The van der Waals surface area contributed by atoms with Crippen molar-refractivity contribution in [2.45, 2.75) is 26.8 Å². The molecule has 0 aromatic carbocycles. The van der Waals surface area contributed by atoms with Gasteiger partial charge in [-0.25, -0.2) is 14.6 Å². The van der Waals surface area contributed by atoms with Gasteiger partial charge in [-0.3, -0.25) is 0 Å². The summed E-state index contributed by atoms with van der Waals surface area (Å²) >= 11 is 0. The van der Waals surface area contributed by atoms with E-state index in [-0.39, 0.29) is 11.7 Å². The van der Waals surface area contributed by atoms with Crippen LogP contribution in [-0.2, 0) is 6.54 Å². The second-order valence-corrected chi connectivity index (χ2v) is 5.14. The summed E-state index contributed by atoms with van der Waals surface area (Å²) in [5.41, 5.74) is 0.00498. The van der Waals surface area contributed by atoms with Gasteiger partial charge in [0.25, 0.3) is 0 Å². The van der Waals surface area contributed by atoms with Crippen LogP contribution in [0.2, 0.25) is 0 Å². The zero-order chi connectivity index (χ0) is 15.1. The van der Waals surface area contributed by atoms with Crippen molar-refractivity contribution in [3.63, 3.8) is 0 Å². The number of hydrogen-bond donors (Lipinski definition) is 2. The van der Waals surface area contributed by atoms with E-state index in [0.717, 1.165) is 13.0 Å². The molecule has 1 heterocycles. The maximum atomic E-state index is 11.8. The van der Waals surface area contributed by atoms with Crippen LogP contribution in [0.3, 0.4) is 0 Å². The van der Waals surface area contributed by atoms with Crippen molar-refractivity contribution in [2.24, 2.45) is 5.92 Å². The molecule has 0 unspecified atom stereocenters. The van der Waals surface area contributed by atoms with E-state index < -0.39 is 5.97 Å². The first-order chi connectivity index (χ1) is 9.40. The lowest BCUT2D eigenvalue weighted by atomic mass is 10.1. The molecule has 112 valence electrons. The summed E-state index contributed by atoms with van der Waals surface area (Å²) in [4.78, 5) is 27.8. The Morgan fingerprint density at radius 3 is 2.75 bits per heavy atom. The van der Waals surface area contributed by atoms with Crippen LogP contribution in [0, 0.1) is 5.92 Å². The lowest BCUT2D eigenvalue weighted by molar-refractivity contribution is 0.0691.